The van der Waals surface area contributed by atoms with E-state index in [9.17, 15) is 4.79 Å². The Balaban J connectivity index is 1.92. The molecule has 0 saturated carbocycles. The van der Waals surface area contributed by atoms with Crippen LogP contribution >= 0.6 is 0 Å². The fourth-order valence-corrected chi connectivity index (χ4v) is 2.52. The Kier molecular flexibility index (Phi) is 4.97. The van der Waals surface area contributed by atoms with Crippen LogP contribution in [0.25, 0.3) is 0 Å². The van der Waals surface area contributed by atoms with Crippen molar-refractivity contribution in [1.29, 1.82) is 0 Å². The fourth-order valence-electron chi connectivity index (χ4n) is 2.52. The van der Waals surface area contributed by atoms with Gasteiger partial charge >= 0.3 is 0 Å². The van der Waals surface area contributed by atoms with Gasteiger partial charge in [0.2, 0.25) is 0 Å². The molecular weight excluding hydrogens is 232 g/mol. The van der Waals surface area contributed by atoms with Gasteiger partial charge in [0.25, 0.3) is 5.91 Å². The van der Waals surface area contributed by atoms with Crippen molar-refractivity contribution in [2.45, 2.75) is 44.9 Å². The maximum Gasteiger partial charge on any atom is 0.254 e. The highest BCUT2D eigenvalue weighted by molar-refractivity contribution is 5.81. The van der Waals surface area contributed by atoms with Crippen molar-refractivity contribution in [3.63, 3.8) is 0 Å². The molecule has 1 amide bonds. The molecule has 18 heavy (non-hydrogen) atoms. The van der Waals surface area contributed by atoms with Crippen molar-refractivity contribution < 1.29 is 14.3 Å². The van der Waals surface area contributed by atoms with Gasteiger partial charge in [-0.25, -0.2) is 0 Å². The number of nitrogens with one attached hydrogen (secondary N) is 1. The smallest absolute Gasteiger partial charge is 0.254 e. The number of hydrogen-bond donors (Lipinski definition) is 1. The quantitative estimate of drug-likeness (QED) is 0.790. The number of ether oxygens (including phenoxy) is 2. The van der Waals surface area contributed by atoms with E-state index >= 15 is 0 Å². The molecule has 2 atom stereocenters. The summed E-state index contributed by atoms with van der Waals surface area (Å²) >= 11 is 0. The molecule has 2 heterocycles. The van der Waals surface area contributed by atoms with Crippen molar-refractivity contribution in [1.82, 2.24) is 10.2 Å². The Labute approximate surface area is 109 Å². The lowest BCUT2D eigenvalue weighted by Crippen LogP contribution is -2.51. The number of rotatable bonds is 4. The van der Waals surface area contributed by atoms with Crippen LogP contribution in [-0.4, -0.2) is 61.9 Å². The number of nitrogens with zero attached hydrogens (tertiary/aromatic N) is 1. The molecule has 0 aromatic carbocycles. The minimum absolute atomic E-state index is 0.0680. The summed E-state index contributed by atoms with van der Waals surface area (Å²) in [6, 6.07) is 0.631. The summed E-state index contributed by atoms with van der Waals surface area (Å²) in [6.45, 7) is 7.44. The standard InChI is InChI=1S/C13H24N2O3/c1-10(2)15(8-11-4-3-5-14-11)13(16)12-9-17-6-7-18-12/h10-12,14H,3-9H2,1-2H3. The average molecular weight is 256 g/mol. The van der Waals surface area contributed by atoms with Gasteiger partial charge < -0.3 is 19.7 Å². The van der Waals surface area contributed by atoms with Crippen LogP contribution in [0.15, 0.2) is 0 Å². The van der Waals surface area contributed by atoms with Gasteiger partial charge in [0.15, 0.2) is 6.10 Å². The molecule has 0 radical (unpaired) electrons. The SMILES string of the molecule is CC(C)N(CC1CCCN1)C(=O)C1COCCO1. The maximum absolute atomic E-state index is 12.4. The molecule has 5 nitrogen and oxygen atoms in total. The molecule has 0 aliphatic carbocycles. The van der Waals surface area contributed by atoms with Gasteiger partial charge in [0.05, 0.1) is 19.8 Å². The van der Waals surface area contributed by atoms with Gasteiger partial charge in [-0.05, 0) is 33.2 Å². The normalized spacial score (nSPS) is 28.6. The predicted molar refractivity (Wildman–Crippen MR) is 68.4 cm³/mol. The number of amides is 1. The monoisotopic (exact) mass is 256 g/mol. The number of hydrogen-bond acceptors (Lipinski definition) is 4. The van der Waals surface area contributed by atoms with E-state index in [0.717, 1.165) is 19.5 Å². The van der Waals surface area contributed by atoms with E-state index in [0.29, 0.717) is 25.9 Å². The minimum Gasteiger partial charge on any atom is -0.376 e. The van der Waals surface area contributed by atoms with Gasteiger partial charge in [-0.1, -0.05) is 0 Å². The Morgan fingerprint density at radius 2 is 2.28 bits per heavy atom. The van der Waals surface area contributed by atoms with Crippen LogP contribution in [0.3, 0.4) is 0 Å². The van der Waals surface area contributed by atoms with Gasteiger partial charge in [0.1, 0.15) is 0 Å². The lowest BCUT2D eigenvalue weighted by Gasteiger charge is -2.33. The second-order valence-corrected chi connectivity index (χ2v) is 5.31. The van der Waals surface area contributed by atoms with E-state index in [2.05, 4.69) is 19.2 Å². The molecular formula is C13H24N2O3. The first kappa shape index (κ1) is 13.8. The fraction of sp³-hybridized carbons (Fsp3) is 0.923. The lowest BCUT2D eigenvalue weighted by molar-refractivity contribution is -0.159. The highest BCUT2D eigenvalue weighted by Crippen LogP contribution is 2.13. The highest BCUT2D eigenvalue weighted by atomic mass is 16.6. The van der Waals surface area contributed by atoms with Crippen LogP contribution in [0.2, 0.25) is 0 Å². The van der Waals surface area contributed by atoms with Gasteiger partial charge in [-0.3, -0.25) is 4.79 Å². The van der Waals surface area contributed by atoms with E-state index in [1.54, 1.807) is 0 Å². The largest absolute Gasteiger partial charge is 0.376 e. The third kappa shape index (κ3) is 3.43. The summed E-state index contributed by atoms with van der Waals surface area (Å²) in [4.78, 5) is 14.3. The topological polar surface area (TPSA) is 50.8 Å². The summed E-state index contributed by atoms with van der Waals surface area (Å²) < 4.78 is 10.8. The van der Waals surface area contributed by atoms with Crippen LogP contribution in [0.5, 0.6) is 0 Å². The summed E-state index contributed by atoms with van der Waals surface area (Å²) in [5, 5.41) is 3.43. The summed E-state index contributed by atoms with van der Waals surface area (Å²) in [5.74, 6) is 0.0680. The molecule has 1 N–H and O–H groups in total. The number of carbonyl (C=O) groups excluding carboxylic acids is 1. The van der Waals surface area contributed by atoms with Crippen LogP contribution in [0.1, 0.15) is 26.7 Å². The molecule has 0 aromatic rings. The highest BCUT2D eigenvalue weighted by Gasteiger charge is 2.31. The Bertz CT molecular complexity index is 271. The van der Waals surface area contributed by atoms with Crippen molar-refractivity contribution in [3.8, 4) is 0 Å². The molecule has 2 aliphatic heterocycles. The summed E-state index contributed by atoms with van der Waals surface area (Å²) in [7, 11) is 0. The summed E-state index contributed by atoms with van der Waals surface area (Å²) in [6.07, 6.45) is 1.94. The molecule has 5 heteroatoms. The molecule has 104 valence electrons. The molecule has 2 rings (SSSR count). The van der Waals surface area contributed by atoms with Gasteiger partial charge in [0, 0.05) is 18.6 Å². The predicted octanol–water partition coefficient (Wildman–Crippen LogP) is 0.391. The van der Waals surface area contributed by atoms with Crippen molar-refractivity contribution >= 4 is 5.91 Å². The first-order valence-corrected chi connectivity index (χ1v) is 6.91. The Morgan fingerprint density at radius 3 is 2.83 bits per heavy atom. The molecule has 2 fully saturated rings. The zero-order chi connectivity index (χ0) is 13.0. The second kappa shape index (κ2) is 6.50. The molecule has 2 unspecified atom stereocenters. The molecule has 0 bridgehead atoms. The lowest BCUT2D eigenvalue weighted by atomic mass is 10.1. The van der Waals surface area contributed by atoms with Gasteiger partial charge in [-0.15, -0.1) is 0 Å². The Morgan fingerprint density at radius 1 is 1.44 bits per heavy atom. The number of carbonyl (C=O) groups is 1. The second-order valence-electron chi connectivity index (χ2n) is 5.31. The molecule has 0 spiro atoms. The maximum atomic E-state index is 12.4. The van der Waals surface area contributed by atoms with E-state index < -0.39 is 6.10 Å². The third-order valence-electron chi connectivity index (χ3n) is 3.58. The van der Waals surface area contributed by atoms with Crippen LogP contribution in [0, 0.1) is 0 Å². The third-order valence-corrected chi connectivity index (χ3v) is 3.58. The minimum atomic E-state index is -0.414. The van der Waals surface area contributed by atoms with Crippen molar-refractivity contribution in [3.05, 3.63) is 0 Å². The zero-order valence-electron chi connectivity index (χ0n) is 11.4. The van der Waals surface area contributed by atoms with E-state index in [1.807, 2.05) is 4.90 Å². The Hall–Kier alpha value is -0.650. The van der Waals surface area contributed by atoms with E-state index in [1.165, 1.54) is 6.42 Å². The van der Waals surface area contributed by atoms with E-state index in [-0.39, 0.29) is 11.9 Å². The molecule has 2 saturated heterocycles. The average Bonchev–Trinajstić information content (AvgIpc) is 2.89. The first-order chi connectivity index (χ1) is 8.68. The van der Waals surface area contributed by atoms with Crippen molar-refractivity contribution in [2.24, 2.45) is 0 Å². The van der Waals surface area contributed by atoms with Crippen LogP contribution in [-0.2, 0) is 14.3 Å². The molecule has 0 aromatic heterocycles. The summed E-state index contributed by atoms with van der Waals surface area (Å²) in [5.41, 5.74) is 0. The van der Waals surface area contributed by atoms with Crippen LogP contribution in [0.4, 0.5) is 0 Å². The van der Waals surface area contributed by atoms with Crippen LogP contribution < -0.4 is 5.32 Å². The first-order valence-electron chi connectivity index (χ1n) is 6.91. The van der Waals surface area contributed by atoms with E-state index in [4.69, 9.17) is 9.47 Å². The molecule has 2 aliphatic rings. The van der Waals surface area contributed by atoms with Crippen molar-refractivity contribution in [2.75, 3.05) is 32.9 Å². The zero-order valence-corrected chi connectivity index (χ0v) is 11.4. The van der Waals surface area contributed by atoms with Gasteiger partial charge in [-0.2, -0.15) is 0 Å².